The summed E-state index contributed by atoms with van der Waals surface area (Å²) in [6.45, 7) is 6.70. The number of rotatable bonds is 4. The molecule has 3 nitrogen and oxygen atoms in total. The largest absolute Gasteiger partial charge is 0.314 e. The maximum atomic E-state index is 4.35. The van der Waals surface area contributed by atoms with Crippen LogP contribution in [0.25, 0.3) is 0 Å². The summed E-state index contributed by atoms with van der Waals surface area (Å²) in [5, 5.41) is 3.41. The standard InChI is InChI=1S/C13H20BrN3/c1-2-4-12(17-9-7-15-8-10-17)11-5-3-6-16-13(11)14/h3,5-6,12,15H,2,4,7-10H2,1H3/t12-/m1/s1. The van der Waals surface area contributed by atoms with Crippen molar-refractivity contribution in [1.29, 1.82) is 0 Å². The van der Waals surface area contributed by atoms with Crippen LogP contribution >= 0.6 is 15.9 Å². The van der Waals surface area contributed by atoms with Crippen LogP contribution in [-0.2, 0) is 0 Å². The van der Waals surface area contributed by atoms with E-state index in [4.69, 9.17) is 0 Å². The van der Waals surface area contributed by atoms with Gasteiger partial charge in [-0.05, 0) is 28.4 Å². The Labute approximate surface area is 112 Å². The summed E-state index contributed by atoms with van der Waals surface area (Å²) in [5.41, 5.74) is 1.33. The third-order valence-electron chi connectivity index (χ3n) is 3.30. The molecule has 17 heavy (non-hydrogen) atoms. The zero-order valence-electron chi connectivity index (χ0n) is 10.3. The zero-order valence-corrected chi connectivity index (χ0v) is 11.9. The highest BCUT2D eigenvalue weighted by atomic mass is 79.9. The molecule has 2 heterocycles. The van der Waals surface area contributed by atoms with Gasteiger partial charge in [0.15, 0.2) is 0 Å². The molecule has 1 N–H and O–H groups in total. The van der Waals surface area contributed by atoms with E-state index in [1.165, 1.54) is 18.4 Å². The molecule has 1 atom stereocenters. The molecule has 0 unspecified atom stereocenters. The van der Waals surface area contributed by atoms with E-state index in [-0.39, 0.29) is 0 Å². The Morgan fingerprint density at radius 3 is 2.88 bits per heavy atom. The molecule has 0 spiro atoms. The molecule has 0 aliphatic carbocycles. The molecule has 2 rings (SSSR count). The van der Waals surface area contributed by atoms with Gasteiger partial charge in [0.2, 0.25) is 0 Å². The first-order valence-electron chi connectivity index (χ1n) is 6.38. The molecule has 1 aromatic rings. The van der Waals surface area contributed by atoms with E-state index < -0.39 is 0 Å². The molecule has 0 aromatic carbocycles. The normalized spacial score (nSPS) is 19.2. The maximum Gasteiger partial charge on any atom is 0.110 e. The number of aromatic nitrogens is 1. The van der Waals surface area contributed by atoms with Crippen LogP contribution in [-0.4, -0.2) is 36.1 Å². The number of nitrogens with zero attached hydrogens (tertiary/aromatic N) is 2. The number of hydrogen-bond acceptors (Lipinski definition) is 3. The zero-order chi connectivity index (χ0) is 12.1. The molecule has 1 aliphatic rings. The molecular weight excluding hydrogens is 278 g/mol. The number of nitrogens with one attached hydrogen (secondary N) is 1. The summed E-state index contributed by atoms with van der Waals surface area (Å²) in [7, 11) is 0. The highest BCUT2D eigenvalue weighted by Gasteiger charge is 2.23. The second kappa shape index (κ2) is 6.47. The Bertz CT molecular complexity index is 350. The first kappa shape index (κ1) is 13.0. The lowest BCUT2D eigenvalue weighted by Gasteiger charge is -2.35. The highest BCUT2D eigenvalue weighted by Crippen LogP contribution is 2.30. The Hall–Kier alpha value is -0.450. The molecule has 1 aliphatic heterocycles. The van der Waals surface area contributed by atoms with Crippen molar-refractivity contribution in [3.63, 3.8) is 0 Å². The molecule has 0 radical (unpaired) electrons. The molecular formula is C13H20BrN3. The third-order valence-corrected chi connectivity index (χ3v) is 3.96. The topological polar surface area (TPSA) is 28.2 Å². The van der Waals surface area contributed by atoms with Gasteiger partial charge in [-0.3, -0.25) is 4.90 Å². The minimum atomic E-state index is 0.505. The Balaban J connectivity index is 2.18. The summed E-state index contributed by atoms with van der Waals surface area (Å²) in [4.78, 5) is 6.92. The second-order valence-electron chi connectivity index (χ2n) is 4.47. The van der Waals surface area contributed by atoms with E-state index in [2.05, 4.69) is 44.1 Å². The molecule has 1 fully saturated rings. The predicted octanol–water partition coefficient (Wildman–Crippen LogP) is 2.59. The second-order valence-corrected chi connectivity index (χ2v) is 5.23. The minimum Gasteiger partial charge on any atom is -0.314 e. The van der Waals surface area contributed by atoms with Gasteiger partial charge >= 0.3 is 0 Å². The molecule has 0 bridgehead atoms. The quantitative estimate of drug-likeness (QED) is 0.866. The lowest BCUT2D eigenvalue weighted by atomic mass is 10.0. The van der Waals surface area contributed by atoms with Crippen LogP contribution in [0.15, 0.2) is 22.9 Å². The van der Waals surface area contributed by atoms with Crippen molar-refractivity contribution in [3.8, 4) is 0 Å². The van der Waals surface area contributed by atoms with E-state index in [0.717, 1.165) is 30.8 Å². The monoisotopic (exact) mass is 297 g/mol. The van der Waals surface area contributed by atoms with E-state index in [9.17, 15) is 0 Å². The molecule has 94 valence electrons. The fraction of sp³-hybridized carbons (Fsp3) is 0.615. The van der Waals surface area contributed by atoms with Gasteiger partial charge < -0.3 is 5.32 Å². The first-order valence-corrected chi connectivity index (χ1v) is 7.17. The summed E-state index contributed by atoms with van der Waals surface area (Å²) in [6.07, 6.45) is 4.24. The van der Waals surface area contributed by atoms with E-state index in [0.29, 0.717) is 6.04 Å². The van der Waals surface area contributed by atoms with Gasteiger partial charge in [0.25, 0.3) is 0 Å². The van der Waals surface area contributed by atoms with Crippen LogP contribution in [0.5, 0.6) is 0 Å². The number of piperazine rings is 1. The van der Waals surface area contributed by atoms with Crippen LogP contribution < -0.4 is 5.32 Å². The lowest BCUT2D eigenvalue weighted by Crippen LogP contribution is -2.45. The maximum absolute atomic E-state index is 4.35. The summed E-state index contributed by atoms with van der Waals surface area (Å²) in [6, 6.07) is 4.73. The van der Waals surface area contributed by atoms with Gasteiger partial charge in [0.05, 0.1) is 0 Å². The summed E-state index contributed by atoms with van der Waals surface area (Å²) in [5.74, 6) is 0. The van der Waals surface area contributed by atoms with Crippen molar-refractivity contribution in [1.82, 2.24) is 15.2 Å². The van der Waals surface area contributed by atoms with Gasteiger partial charge in [-0.25, -0.2) is 4.98 Å². The first-order chi connectivity index (χ1) is 8.33. The SMILES string of the molecule is CCC[C@H](c1cccnc1Br)N1CCNCC1. The average molecular weight is 298 g/mol. The van der Waals surface area contributed by atoms with Gasteiger partial charge in [0.1, 0.15) is 4.60 Å². The number of pyridine rings is 1. The molecule has 1 saturated heterocycles. The van der Waals surface area contributed by atoms with E-state index >= 15 is 0 Å². The van der Waals surface area contributed by atoms with Crippen molar-refractivity contribution >= 4 is 15.9 Å². The van der Waals surface area contributed by atoms with Crippen LogP contribution in [0.2, 0.25) is 0 Å². The van der Waals surface area contributed by atoms with E-state index in [1.807, 2.05) is 12.3 Å². The van der Waals surface area contributed by atoms with Gasteiger partial charge in [-0.15, -0.1) is 0 Å². The van der Waals surface area contributed by atoms with Gasteiger partial charge in [-0.1, -0.05) is 19.4 Å². The fourth-order valence-corrected chi connectivity index (χ4v) is 2.96. The third kappa shape index (κ3) is 3.27. The highest BCUT2D eigenvalue weighted by molar-refractivity contribution is 9.10. The molecule has 1 aromatic heterocycles. The average Bonchev–Trinajstić information content (AvgIpc) is 2.38. The van der Waals surface area contributed by atoms with Crippen molar-refractivity contribution in [3.05, 3.63) is 28.5 Å². The van der Waals surface area contributed by atoms with Gasteiger partial charge in [-0.2, -0.15) is 0 Å². The van der Waals surface area contributed by atoms with Crippen molar-refractivity contribution in [2.45, 2.75) is 25.8 Å². The Morgan fingerprint density at radius 2 is 2.24 bits per heavy atom. The Morgan fingerprint density at radius 1 is 1.47 bits per heavy atom. The molecule has 0 amide bonds. The van der Waals surface area contributed by atoms with Crippen molar-refractivity contribution in [2.24, 2.45) is 0 Å². The van der Waals surface area contributed by atoms with Gasteiger partial charge in [0, 0.05) is 44.0 Å². The smallest absolute Gasteiger partial charge is 0.110 e. The fourth-order valence-electron chi connectivity index (χ4n) is 2.45. The van der Waals surface area contributed by atoms with Crippen LogP contribution in [0.3, 0.4) is 0 Å². The minimum absolute atomic E-state index is 0.505. The molecule has 4 heteroatoms. The number of hydrogen-bond donors (Lipinski definition) is 1. The van der Waals surface area contributed by atoms with Crippen molar-refractivity contribution < 1.29 is 0 Å². The summed E-state index contributed by atoms with van der Waals surface area (Å²) < 4.78 is 0.997. The predicted molar refractivity (Wildman–Crippen MR) is 74.0 cm³/mol. The van der Waals surface area contributed by atoms with Crippen LogP contribution in [0.1, 0.15) is 31.4 Å². The van der Waals surface area contributed by atoms with Crippen LogP contribution in [0, 0.1) is 0 Å². The Kier molecular flexibility index (Phi) is 4.95. The number of halogens is 1. The molecule has 0 saturated carbocycles. The van der Waals surface area contributed by atoms with Crippen LogP contribution in [0.4, 0.5) is 0 Å². The lowest BCUT2D eigenvalue weighted by molar-refractivity contribution is 0.164. The summed E-state index contributed by atoms with van der Waals surface area (Å²) >= 11 is 3.58. The van der Waals surface area contributed by atoms with E-state index in [1.54, 1.807) is 0 Å². The van der Waals surface area contributed by atoms with Crippen molar-refractivity contribution in [2.75, 3.05) is 26.2 Å².